The highest BCUT2D eigenvalue weighted by Gasteiger charge is 2.16. The van der Waals surface area contributed by atoms with Gasteiger partial charge in [0.1, 0.15) is 17.4 Å². The second-order valence-electron chi connectivity index (χ2n) is 7.72. The number of hydrogen-bond acceptors (Lipinski definition) is 5. The van der Waals surface area contributed by atoms with Gasteiger partial charge in [-0.05, 0) is 73.7 Å². The first-order valence-electron chi connectivity index (χ1n) is 10.6. The van der Waals surface area contributed by atoms with Crippen LogP contribution in [0.5, 0.6) is 5.75 Å². The summed E-state index contributed by atoms with van der Waals surface area (Å²) in [5.41, 5.74) is 3.49. The third-order valence-corrected chi connectivity index (χ3v) is 5.24. The number of anilines is 1. The zero-order valence-electron chi connectivity index (χ0n) is 18.3. The minimum Gasteiger partial charge on any atom is -0.484 e. The Balaban J connectivity index is 1.52. The van der Waals surface area contributed by atoms with E-state index in [0.29, 0.717) is 23.5 Å². The molecule has 166 valence electrons. The number of aryl methyl sites for hydroxylation is 2. The van der Waals surface area contributed by atoms with Crippen molar-refractivity contribution in [2.45, 2.75) is 32.8 Å². The molecule has 0 saturated carbocycles. The van der Waals surface area contributed by atoms with Crippen molar-refractivity contribution in [1.29, 1.82) is 5.26 Å². The number of nitrogens with zero attached hydrogens (tertiary/aromatic N) is 1. The first-order chi connectivity index (χ1) is 15.4. The molecule has 32 heavy (non-hydrogen) atoms. The molecule has 1 aliphatic heterocycles. The van der Waals surface area contributed by atoms with Gasteiger partial charge >= 0.3 is 0 Å². The number of amides is 2. The molecular formula is C25H27N3O4. The van der Waals surface area contributed by atoms with E-state index in [1.807, 2.05) is 32.0 Å². The Morgan fingerprint density at radius 1 is 1.19 bits per heavy atom. The van der Waals surface area contributed by atoms with Crippen molar-refractivity contribution in [1.82, 2.24) is 5.32 Å². The van der Waals surface area contributed by atoms with Crippen molar-refractivity contribution < 1.29 is 19.1 Å². The molecule has 0 aromatic heterocycles. The number of ether oxygens (including phenoxy) is 2. The standard InChI is InChI=1S/C25H27N3O4/c1-17-5-8-21(12-18(17)2)28-25(30)20(14-26)13-19-6-9-22(10-7-19)32-16-24(29)27-15-23-4-3-11-31-23/h5-10,12-13,23H,3-4,11,15-16H2,1-2H3,(H,27,29)(H,28,30)/b20-13+/t23-/m1/s1. The molecule has 2 aromatic rings. The van der Waals surface area contributed by atoms with E-state index in [2.05, 4.69) is 10.6 Å². The highest BCUT2D eigenvalue weighted by Crippen LogP contribution is 2.17. The summed E-state index contributed by atoms with van der Waals surface area (Å²) >= 11 is 0. The molecule has 0 aliphatic carbocycles. The van der Waals surface area contributed by atoms with E-state index in [1.165, 1.54) is 6.08 Å². The Hall–Kier alpha value is -3.63. The number of rotatable bonds is 8. The van der Waals surface area contributed by atoms with Crippen molar-refractivity contribution in [3.8, 4) is 11.8 Å². The Labute approximate surface area is 188 Å². The number of hydrogen-bond donors (Lipinski definition) is 2. The summed E-state index contributed by atoms with van der Waals surface area (Å²) < 4.78 is 11.0. The average molecular weight is 434 g/mol. The fourth-order valence-corrected chi connectivity index (χ4v) is 3.23. The van der Waals surface area contributed by atoms with Gasteiger partial charge in [-0.25, -0.2) is 0 Å². The van der Waals surface area contributed by atoms with Gasteiger partial charge in [0.05, 0.1) is 6.10 Å². The van der Waals surface area contributed by atoms with Crippen LogP contribution in [0.15, 0.2) is 48.0 Å². The fourth-order valence-electron chi connectivity index (χ4n) is 3.23. The molecule has 2 amide bonds. The van der Waals surface area contributed by atoms with Gasteiger partial charge in [-0.1, -0.05) is 18.2 Å². The quantitative estimate of drug-likeness (QED) is 0.490. The molecule has 1 heterocycles. The minimum absolute atomic E-state index is 0.00888. The van der Waals surface area contributed by atoms with Gasteiger partial charge in [0.2, 0.25) is 0 Å². The number of carbonyl (C=O) groups excluding carboxylic acids is 2. The number of carbonyl (C=O) groups is 2. The zero-order valence-corrected chi connectivity index (χ0v) is 18.3. The maximum absolute atomic E-state index is 12.5. The summed E-state index contributed by atoms with van der Waals surface area (Å²) in [6.45, 7) is 5.10. The third kappa shape index (κ3) is 6.69. The molecule has 2 aromatic carbocycles. The summed E-state index contributed by atoms with van der Waals surface area (Å²) in [4.78, 5) is 24.4. The average Bonchev–Trinajstić information content (AvgIpc) is 3.31. The fraction of sp³-hybridized carbons (Fsp3) is 0.320. The number of benzene rings is 2. The molecule has 0 unspecified atom stereocenters. The summed E-state index contributed by atoms with van der Waals surface area (Å²) in [6.07, 6.45) is 3.59. The van der Waals surface area contributed by atoms with Gasteiger partial charge in [0, 0.05) is 18.8 Å². The molecule has 1 saturated heterocycles. The lowest BCUT2D eigenvalue weighted by Gasteiger charge is -2.11. The second kappa shape index (κ2) is 11.1. The van der Waals surface area contributed by atoms with Crippen LogP contribution in [0.4, 0.5) is 5.69 Å². The number of nitriles is 1. The van der Waals surface area contributed by atoms with Crippen LogP contribution in [0.25, 0.3) is 6.08 Å². The lowest BCUT2D eigenvalue weighted by molar-refractivity contribution is -0.123. The minimum atomic E-state index is -0.473. The molecule has 1 aliphatic rings. The van der Waals surface area contributed by atoms with Crippen molar-refractivity contribution >= 4 is 23.6 Å². The van der Waals surface area contributed by atoms with Crippen LogP contribution in [-0.2, 0) is 14.3 Å². The Bertz CT molecular complexity index is 1030. The molecule has 0 radical (unpaired) electrons. The predicted octanol–water partition coefficient (Wildman–Crippen LogP) is 3.52. The van der Waals surface area contributed by atoms with Gasteiger partial charge < -0.3 is 20.1 Å². The van der Waals surface area contributed by atoms with Gasteiger partial charge in [-0.2, -0.15) is 5.26 Å². The van der Waals surface area contributed by atoms with Crippen molar-refractivity contribution in [3.63, 3.8) is 0 Å². The summed E-state index contributed by atoms with van der Waals surface area (Å²) in [6, 6.07) is 14.4. The zero-order chi connectivity index (χ0) is 22.9. The summed E-state index contributed by atoms with van der Waals surface area (Å²) in [5.74, 6) is -0.161. The van der Waals surface area contributed by atoms with E-state index in [-0.39, 0.29) is 24.2 Å². The van der Waals surface area contributed by atoms with Gasteiger partial charge in [-0.3, -0.25) is 9.59 Å². The van der Waals surface area contributed by atoms with E-state index < -0.39 is 5.91 Å². The second-order valence-corrected chi connectivity index (χ2v) is 7.72. The molecule has 1 fully saturated rings. The van der Waals surface area contributed by atoms with E-state index in [0.717, 1.165) is 30.6 Å². The van der Waals surface area contributed by atoms with E-state index >= 15 is 0 Å². The Morgan fingerprint density at radius 3 is 2.62 bits per heavy atom. The molecule has 0 spiro atoms. The third-order valence-electron chi connectivity index (χ3n) is 5.24. The molecule has 7 nitrogen and oxygen atoms in total. The molecule has 7 heteroatoms. The topological polar surface area (TPSA) is 100 Å². The van der Waals surface area contributed by atoms with Crippen LogP contribution in [0, 0.1) is 25.2 Å². The van der Waals surface area contributed by atoms with Gasteiger partial charge in [-0.15, -0.1) is 0 Å². The van der Waals surface area contributed by atoms with Crippen molar-refractivity contribution in [2.75, 3.05) is 25.1 Å². The SMILES string of the molecule is Cc1ccc(NC(=O)/C(C#N)=C/c2ccc(OCC(=O)NC[C@H]3CCCO3)cc2)cc1C. The van der Waals surface area contributed by atoms with Crippen LogP contribution in [0.1, 0.15) is 29.5 Å². The maximum atomic E-state index is 12.5. The highest BCUT2D eigenvalue weighted by molar-refractivity contribution is 6.09. The van der Waals surface area contributed by atoms with Gasteiger partial charge in [0.25, 0.3) is 11.8 Å². The molecule has 0 bridgehead atoms. The lowest BCUT2D eigenvalue weighted by Crippen LogP contribution is -2.35. The molecular weight excluding hydrogens is 406 g/mol. The van der Waals surface area contributed by atoms with Crippen molar-refractivity contribution in [2.24, 2.45) is 0 Å². The Kier molecular flexibility index (Phi) is 8.01. The predicted molar refractivity (Wildman–Crippen MR) is 122 cm³/mol. The Morgan fingerprint density at radius 2 is 1.97 bits per heavy atom. The molecule has 1 atom stereocenters. The first-order valence-corrected chi connectivity index (χ1v) is 10.6. The van der Waals surface area contributed by atoms with E-state index in [4.69, 9.17) is 9.47 Å². The lowest BCUT2D eigenvalue weighted by atomic mass is 10.1. The number of nitrogens with one attached hydrogen (secondary N) is 2. The van der Waals surface area contributed by atoms with Crippen LogP contribution < -0.4 is 15.4 Å². The van der Waals surface area contributed by atoms with Crippen molar-refractivity contribution in [3.05, 3.63) is 64.7 Å². The van der Waals surface area contributed by atoms with Crippen LogP contribution in [-0.4, -0.2) is 37.7 Å². The summed E-state index contributed by atoms with van der Waals surface area (Å²) in [7, 11) is 0. The molecule has 2 N–H and O–H groups in total. The largest absolute Gasteiger partial charge is 0.484 e. The highest BCUT2D eigenvalue weighted by atomic mass is 16.5. The van der Waals surface area contributed by atoms with Crippen LogP contribution in [0.2, 0.25) is 0 Å². The van der Waals surface area contributed by atoms with Gasteiger partial charge in [0.15, 0.2) is 6.61 Å². The monoisotopic (exact) mass is 433 g/mol. The normalized spacial score (nSPS) is 15.7. The van der Waals surface area contributed by atoms with Crippen LogP contribution >= 0.6 is 0 Å². The maximum Gasteiger partial charge on any atom is 0.266 e. The summed E-state index contributed by atoms with van der Waals surface area (Å²) in [5, 5.41) is 15.0. The van der Waals surface area contributed by atoms with E-state index in [1.54, 1.807) is 30.3 Å². The first kappa shape index (κ1) is 23.0. The smallest absolute Gasteiger partial charge is 0.266 e. The molecule has 3 rings (SSSR count). The van der Waals surface area contributed by atoms with E-state index in [9.17, 15) is 14.9 Å². The van der Waals surface area contributed by atoms with Crippen LogP contribution in [0.3, 0.4) is 0 Å².